The van der Waals surface area contributed by atoms with E-state index >= 15 is 0 Å². The second-order valence-electron chi connectivity index (χ2n) is 3.59. The molecule has 0 radical (unpaired) electrons. The summed E-state index contributed by atoms with van der Waals surface area (Å²) in [5.41, 5.74) is 0.752. The van der Waals surface area contributed by atoms with Gasteiger partial charge in [-0.05, 0) is 18.0 Å². The molecule has 0 bridgehead atoms. The molecule has 0 aliphatic heterocycles. The first-order valence-electron chi connectivity index (χ1n) is 5.62. The van der Waals surface area contributed by atoms with Crippen molar-refractivity contribution in [3.8, 4) is 6.01 Å². The van der Waals surface area contributed by atoms with Crippen molar-refractivity contribution in [3.63, 3.8) is 0 Å². The molecule has 0 fully saturated rings. The fraction of sp³-hybridized carbons (Fsp3) is 0.400. The van der Waals surface area contributed by atoms with Crippen molar-refractivity contribution < 1.29 is 4.74 Å². The Balaban J connectivity index is 2.02. The van der Waals surface area contributed by atoms with Gasteiger partial charge in [0.25, 0.3) is 0 Å². The Bertz CT molecular complexity index is 600. The van der Waals surface area contributed by atoms with Crippen LogP contribution in [0.15, 0.2) is 10.2 Å². The molecule has 2 heterocycles. The Morgan fingerprint density at radius 3 is 3.00 bits per heavy atom. The standard InChI is InChI=1S/C10H12ClN5O2S/c1-2-3-18-9-15-7(11)14-8(16-9)12-4-6-5-19-10(17)13-6/h5H,2-4H2,1H3,(H,13,17)(H,12,14,15,16). The van der Waals surface area contributed by atoms with E-state index in [0.717, 1.165) is 23.5 Å². The van der Waals surface area contributed by atoms with Crippen LogP contribution in [0, 0.1) is 0 Å². The van der Waals surface area contributed by atoms with Crippen molar-refractivity contribution in [1.29, 1.82) is 0 Å². The molecule has 9 heteroatoms. The fourth-order valence-corrected chi connectivity index (χ4v) is 1.98. The van der Waals surface area contributed by atoms with Gasteiger partial charge < -0.3 is 15.0 Å². The van der Waals surface area contributed by atoms with Gasteiger partial charge in [-0.2, -0.15) is 15.0 Å². The van der Waals surface area contributed by atoms with E-state index in [1.54, 1.807) is 5.38 Å². The highest BCUT2D eigenvalue weighted by Crippen LogP contribution is 2.12. The highest BCUT2D eigenvalue weighted by molar-refractivity contribution is 7.07. The minimum Gasteiger partial charge on any atom is -0.463 e. The number of thiazole rings is 1. The zero-order valence-corrected chi connectivity index (χ0v) is 11.7. The third-order valence-electron chi connectivity index (χ3n) is 2.03. The number of ether oxygens (including phenoxy) is 1. The SMILES string of the molecule is CCCOc1nc(Cl)nc(NCc2csc(=O)[nH]2)n1. The van der Waals surface area contributed by atoms with E-state index in [9.17, 15) is 4.79 Å². The van der Waals surface area contributed by atoms with Crippen molar-refractivity contribution in [1.82, 2.24) is 19.9 Å². The number of rotatable bonds is 6. The molecule has 0 spiro atoms. The minimum atomic E-state index is -0.0996. The molecule has 19 heavy (non-hydrogen) atoms. The molecular formula is C10H12ClN5O2S. The first-order chi connectivity index (χ1) is 9.17. The Morgan fingerprint density at radius 2 is 2.32 bits per heavy atom. The molecule has 0 saturated carbocycles. The first-order valence-corrected chi connectivity index (χ1v) is 6.88. The largest absolute Gasteiger partial charge is 0.463 e. The summed E-state index contributed by atoms with van der Waals surface area (Å²) in [6.07, 6.45) is 0.849. The normalized spacial score (nSPS) is 10.4. The van der Waals surface area contributed by atoms with Crippen LogP contribution in [-0.2, 0) is 6.54 Å². The van der Waals surface area contributed by atoms with Gasteiger partial charge in [0.15, 0.2) is 0 Å². The van der Waals surface area contributed by atoms with Gasteiger partial charge in [0.2, 0.25) is 11.2 Å². The second kappa shape index (κ2) is 6.48. The molecule has 0 aliphatic rings. The Kier molecular flexibility index (Phi) is 4.69. The van der Waals surface area contributed by atoms with Crippen molar-refractivity contribution in [2.24, 2.45) is 0 Å². The van der Waals surface area contributed by atoms with Gasteiger partial charge in [0.1, 0.15) is 0 Å². The van der Waals surface area contributed by atoms with E-state index in [-0.39, 0.29) is 16.2 Å². The van der Waals surface area contributed by atoms with Gasteiger partial charge in [-0.25, -0.2) is 0 Å². The minimum absolute atomic E-state index is 0.0578. The van der Waals surface area contributed by atoms with E-state index in [1.807, 2.05) is 6.92 Å². The van der Waals surface area contributed by atoms with Gasteiger partial charge >= 0.3 is 10.9 Å². The van der Waals surface area contributed by atoms with Crippen molar-refractivity contribution >= 4 is 28.9 Å². The zero-order chi connectivity index (χ0) is 13.7. The van der Waals surface area contributed by atoms with E-state index in [0.29, 0.717) is 19.1 Å². The summed E-state index contributed by atoms with van der Waals surface area (Å²) >= 11 is 6.88. The van der Waals surface area contributed by atoms with Gasteiger partial charge in [-0.15, -0.1) is 0 Å². The van der Waals surface area contributed by atoms with Crippen LogP contribution in [0.4, 0.5) is 5.95 Å². The molecule has 0 amide bonds. The maximum Gasteiger partial charge on any atom is 0.322 e. The monoisotopic (exact) mass is 301 g/mol. The third kappa shape index (κ3) is 4.18. The Morgan fingerprint density at radius 1 is 1.47 bits per heavy atom. The van der Waals surface area contributed by atoms with Gasteiger partial charge in [0.05, 0.1) is 13.2 Å². The number of nitrogens with one attached hydrogen (secondary N) is 2. The summed E-state index contributed by atoms with van der Waals surface area (Å²) in [5.74, 6) is 0.304. The van der Waals surface area contributed by atoms with Crippen LogP contribution in [0.5, 0.6) is 6.01 Å². The average Bonchev–Trinajstić information content (AvgIpc) is 2.79. The average molecular weight is 302 g/mol. The molecule has 2 aromatic heterocycles. The zero-order valence-electron chi connectivity index (χ0n) is 10.1. The van der Waals surface area contributed by atoms with Crippen LogP contribution in [0.25, 0.3) is 0 Å². The molecule has 0 aliphatic carbocycles. The molecule has 2 rings (SSSR count). The quantitative estimate of drug-likeness (QED) is 0.843. The number of H-pyrrole nitrogens is 1. The summed E-state index contributed by atoms with van der Waals surface area (Å²) in [6, 6.07) is 0.183. The first kappa shape index (κ1) is 13.8. The Labute approximate surface area is 118 Å². The molecule has 0 atom stereocenters. The number of hydrogen-bond acceptors (Lipinski definition) is 7. The predicted octanol–water partition coefficient (Wildman–Crippen LogP) is 1.68. The summed E-state index contributed by atoms with van der Waals surface area (Å²) in [4.78, 5) is 25.4. The van der Waals surface area contributed by atoms with Gasteiger partial charge in [-0.1, -0.05) is 18.3 Å². The van der Waals surface area contributed by atoms with Crippen LogP contribution in [-0.4, -0.2) is 26.5 Å². The summed E-state index contributed by atoms with van der Waals surface area (Å²) in [5, 5.41) is 4.73. The van der Waals surface area contributed by atoms with Crippen LogP contribution in [0.3, 0.4) is 0 Å². The number of anilines is 1. The third-order valence-corrected chi connectivity index (χ3v) is 2.92. The topological polar surface area (TPSA) is 92.8 Å². The fourth-order valence-electron chi connectivity index (χ4n) is 1.24. The van der Waals surface area contributed by atoms with Crippen molar-refractivity contribution in [3.05, 3.63) is 26.0 Å². The highest BCUT2D eigenvalue weighted by Gasteiger charge is 2.06. The lowest BCUT2D eigenvalue weighted by Crippen LogP contribution is -2.08. The van der Waals surface area contributed by atoms with Crippen LogP contribution >= 0.6 is 22.9 Å². The van der Waals surface area contributed by atoms with E-state index in [4.69, 9.17) is 16.3 Å². The van der Waals surface area contributed by atoms with E-state index in [2.05, 4.69) is 25.3 Å². The molecule has 2 aromatic rings. The lowest BCUT2D eigenvalue weighted by Gasteiger charge is -2.06. The molecule has 2 N–H and O–H groups in total. The number of aromatic amines is 1. The van der Waals surface area contributed by atoms with E-state index < -0.39 is 0 Å². The number of nitrogens with zero attached hydrogens (tertiary/aromatic N) is 3. The maximum absolute atomic E-state index is 11.0. The number of halogens is 1. The van der Waals surface area contributed by atoms with Gasteiger partial charge in [-0.3, -0.25) is 4.79 Å². The summed E-state index contributed by atoms with van der Waals surface area (Å²) in [6.45, 7) is 2.89. The predicted molar refractivity (Wildman–Crippen MR) is 72.9 cm³/mol. The molecule has 0 saturated heterocycles. The van der Waals surface area contributed by atoms with Crippen molar-refractivity contribution in [2.75, 3.05) is 11.9 Å². The molecule has 0 aromatic carbocycles. The van der Waals surface area contributed by atoms with Crippen LogP contribution in [0.2, 0.25) is 5.28 Å². The number of hydrogen-bond donors (Lipinski definition) is 2. The highest BCUT2D eigenvalue weighted by atomic mass is 35.5. The number of aromatic nitrogens is 4. The molecule has 102 valence electrons. The van der Waals surface area contributed by atoms with E-state index in [1.165, 1.54) is 0 Å². The Hall–Kier alpha value is -1.67. The van der Waals surface area contributed by atoms with Crippen molar-refractivity contribution in [2.45, 2.75) is 19.9 Å². The van der Waals surface area contributed by atoms with Crippen LogP contribution < -0.4 is 14.9 Å². The smallest absolute Gasteiger partial charge is 0.322 e. The van der Waals surface area contributed by atoms with Gasteiger partial charge in [0, 0.05) is 11.1 Å². The summed E-state index contributed by atoms with van der Waals surface area (Å²) < 4.78 is 5.29. The lowest BCUT2D eigenvalue weighted by molar-refractivity contribution is 0.291. The second-order valence-corrected chi connectivity index (χ2v) is 4.77. The lowest BCUT2D eigenvalue weighted by atomic mass is 10.5. The maximum atomic E-state index is 11.0. The van der Waals surface area contributed by atoms with Crippen LogP contribution in [0.1, 0.15) is 19.0 Å². The molecular weight excluding hydrogens is 290 g/mol. The molecule has 7 nitrogen and oxygen atoms in total. The summed E-state index contributed by atoms with van der Waals surface area (Å²) in [7, 11) is 0. The molecule has 0 unspecified atom stereocenters.